The number of likely N-dealkylation sites (tertiary alicyclic amines) is 1. The molecule has 1 N–H and O–H groups in total. The molecule has 1 aliphatic rings. The Hall–Kier alpha value is -3.68. The van der Waals surface area contributed by atoms with Gasteiger partial charge in [-0.1, -0.05) is 60.7 Å². The highest BCUT2D eigenvalue weighted by atomic mass is 16.5. The van der Waals surface area contributed by atoms with Crippen molar-refractivity contribution in [3.63, 3.8) is 0 Å². The van der Waals surface area contributed by atoms with Crippen molar-refractivity contribution in [2.75, 3.05) is 40.3 Å². The highest BCUT2D eigenvalue weighted by Gasteiger charge is 2.24. The van der Waals surface area contributed by atoms with E-state index in [4.69, 9.17) is 9.47 Å². The summed E-state index contributed by atoms with van der Waals surface area (Å²) in [6.07, 6.45) is 1.72. The first-order valence-electron chi connectivity index (χ1n) is 13.1. The molecule has 0 radical (unpaired) electrons. The SMILES string of the molecule is COc1cc(CO)ccc1C(=O)N(C)CCN1CCC(OC(=O)Cc2ccccc2-c2ccccc2)CC1. The molecule has 1 aliphatic heterocycles. The van der Waals surface area contributed by atoms with Crippen molar-refractivity contribution in [2.24, 2.45) is 0 Å². The number of carbonyl (C=O) groups is 2. The van der Waals surface area contributed by atoms with E-state index in [1.54, 1.807) is 30.1 Å². The quantitative estimate of drug-likeness (QED) is 0.408. The Morgan fingerprint density at radius 2 is 1.71 bits per heavy atom. The Balaban J connectivity index is 1.23. The average molecular weight is 517 g/mol. The summed E-state index contributed by atoms with van der Waals surface area (Å²) in [4.78, 5) is 29.7. The predicted molar refractivity (Wildman–Crippen MR) is 147 cm³/mol. The van der Waals surface area contributed by atoms with Gasteiger partial charge in [0, 0.05) is 33.2 Å². The molecular weight excluding hydrogens is 480 g/mol. The lowest BCUT2D eigenvalue weighted by Crippen LogP contribution is -2.42. The number of hydrogen-bond acceptors (Lipinski definition) is 6. The molecule has 1 heterocycles. The van der Waals surface area contributed by atoms with Crippen molar-refractivity contribution in [2.45, 2.75) is 32.0 Å². The number of benzene rings is 3. The summed E-state index contributed by atoms with van der Waals surface area (Å²) in [5.41, 5.74) is 4.29. The summed E-state index contributed by atoms with van der Waals surface area (Å²) in [6.45, 7) is 2.84. The Kier molecular flexibility index (Phi) is 9.51. The zero-order valence-electron chi connectivity index (χ0n) is 22.1. The highest BCUT2D eigenvalue weighted by molar-refractivity contribution is 5.96. The van der Waals surface area contributed by atoms with Crippen LogP contribution in [0.1, 0.15) is 34.3 Å². The minimum Gasteiger partial charge on any atom is -0.496 e. The van der Waals surface area contributed by atoms with Crippen molar-refractivity contribution < 1.29 is 24.2 Å². The van der Waals surface area contributed by atoms with E-state index in [0.717, 1.165) is 49.2 Å². The molecule has 38 heavy (non-hydrogen) atoms. The normalized spacial score (nSPS) is 14.2. The van der Waals surface area contributed by atoms with Crippen LogP contribution in [0, 0.1) is 0 Å². The minimum atomic E-state index is -0.196. The minimum absolute atomic E-state index is 0.0868. The second-order valence-electron chi connectivity index (χ2n) is 9.65. The van der Waals surface area contributed by atoms with Crippen molar-refractivity contribution >= 4 is 11.9 Å². The van der Waals surface area contributed by atoms with Crippen LogP contribution < -0.4 is 4.74 Å². The molecule has 200 valence electrons. The molecule has 0 unspecified atom stereocenters. The molecule has 4 rings (SSSR count). The number of hydrogen-bond donors (Lipinski definition) is 1. The van der Waals surface area contributed by atoms with Gasteiger partial charge in [0.15, 0.2) is 0 Å². The number of piperidine rings is 1. The number of likely N-dealkylation sites (N-methyl/N-ethyl adjacent to an activating group) is 1. The van der Waals surface area contributed by atoms with E-state index in [1.165, 1.54) is 7.11 Å². The van der Waals surface area contributed by atoms with Crippen molar-refractivity contribution in [3.05, 3.63) is 89.5 Å². The van der Waals surface area contributed by atoms with Gasteiger partial charge in [-0.15, -0.1) is 0 Å². The number of aliphatic hydroxyl groups is 1. The molecule has 0 aliphatic carbocycles. The fourth-order valence-corrected chi connectivity index (χ4v) is 4.82. The van der Waals surface area contributed by atoms with Crippen molar-refractivity contribution in [3.8, 4) is 16.9 Å². The van der Waals surface area contributed by atoms with Crippen LogP contribution in [-0.4, -0.2) is 73.2 Å². The lowest BCUT2D eigenvalue weighted by molar-refractivity contribution is -0.150. The number of rotatable bonds is 10. The Morgan fingerprint density at radius 3 is 2.42 bits per heavy atom. The van der Waals surface area contributed by atoms with Gasteiger partial charge in [-0.25, -0.2) is 0 Å². The summed E-state index contributed by atoms with van der Waals surface area (Å²) in [7, 11) is 3.30. The lowest BCUT2D eigenvalue weighted by atomic mass is 9.98. The average Bonchev–Trinajstić information content (AvgIpc) is 2.96. The molecule has 0 atom stereocenters. The summed E-state index contributed by atoms with van der Waals surface area (Å²) >= 11 is 0. The molecule has 7 nitrogen and oxygen atoms in total. The van der Waals surface area contributed by atoms with E-state index in [2.05, 4.69) is 4.90 Å². The number of esters is 1. The monoisotopic (exact) mass is 516 g/mol. The van der Waals surface area contributed by atoms with E-state index >= 15 is 0 Å². The van der Waals surface area contributed by atoms with E-state index in [1.807, 2.05) is 54.6 Å². The number of aliphatic hydroxyl groups excluding tert-OH is 1. The van der Waals surface area contributed by atoms with Gasteiger partial charge >= 0.3 is 5.97 Å². The third-order valence-corrected chi connectivity index (χ3v) is 7.05. The summed E-state index contributed by atoms with van der Waals surface area (Å²) < 4.78 is 11.2. The number of carbonyl (C=O) groups excluding carboxylic acids is 2. The predicted octanol–water partition coefficient (Wildman–Crippen LogP) is 4.18. The summed E-state index contributed by atoms with van der Waals surface area (Å²) in [5.74, 6) is 0.145. The molecule has 3 aromatic rings. The van der Waals surface area contributed by atoms with Gasteiger partial charge < -0.3 is 24.4 Å². The van der Waals surface area contributed by atoms with Gasteiger partial charge in [0.05, 0.1) is 25.7 Å². The number of ether oxygens (including phenoxy) is 2. The first-order chi connectivity index (χ1) is 18.5. The molecule has 3 aromatic carbocycles. The Morgan fingerprint density at radius 1 is 1.00 bits per heavy atom. The second kappa shape index (κ2) is 13.2. The van der Waals surface area contributed by atoms with Crippen molar-refractivity contribution in [1.82, 2.24) is 9.80 Å². The molecular formula is C31H36N2O5. The molecule has 0 aromatic heterocycles. The van der Waals surface area contributed by atoms with Crippen LogP contribution in [0.5, 0.6) is 5.75 Å². The fourth-order valence-electron chi connectivity index (χ4n) is 4.82. The van der Waals surface area contributed by atoms with Crippen LogP contribution in [0.3, 0.4) is 0 Å². The van der Waals surface area contributed by atoms with Crippen LogP contribution in [0.25, 0.3) is 11.1 Å². The molecule has 1 saturated heterocycles. The first-order valence-corrected chi connectivity index (χ1v) is 13.1. The molecule has 7 heteroatoms. The van der Waals surface area contributed by atoms with E-state index in [-0.39, 0.29) is 31.0 Å². The van der Waals surface area contributed by atoms with Gasteiger partial charge in [0.25, 0.3) is 5.91 Å². The number of nitrogens with zero attached hydrogens (tertiary/aromatic N) is 2. The largest absolute Gasteiger partial charge is 0.496 e. The molecule has 0 saturated carbocycles. The van der Waals surface area contributed by atoms with Gasteiger partial charge in [-0.05, 0) is 47.2 Å². The fraction of sp³-hybridized carbons (Fsp3) is 0.355. The number of amides is 1. The standard InChI is InChI=1S/C31H36N2O5/c1-32(31(36)28-13-12-23(22-34)20-29(28)37-2)18-19-33-16-14-26(15-17-33)38-30(35)21-25-10-6-7-11-27(25)24-8-4-3-5-9-24/h3-13,20,26,34H,14-19,21-22H2,1-2H3. The van der Waals surface area contributed by atoms with Crippen LogP contribution in [0.15, 0.2) is 72.8 Å². The summed E-state index contributed by atoms with van der Waals surface area (Å²) in [5, 5.41) is 9.33. The van der Waals surface area contributed by atoms with E-state index in [0.29, 0.717) is 23.4 Å². The van der Waals surface area contributed by atoms with E-state index in [9.17, 15) is 14.7 Å². The van der Waals surface area contributed by atoms with Crippen LogP contribution in [0.4, 0.5) is 0 Å². The smallest absolute Gasteiger partial charge is 0.310 e. The topological polar surface area (TPSA) is 79.3 Å². The molecule has 1 fully saturated rings. The zero-order chi connectivity index (χ0) is 26.9. The molecule has 1 amide bonds. The maximum atomic E-state index is 12.9. The van der Waals surface area contributed by atoms with Gasteiger partial charge in [0.1, 0.15) is 11.9 Å². The molecule has 0 spiro atoms. The first kappa shape index (κ1) is 27.4. The lowest BCUT2D eigenvalue weighted by Gasteiger charge is -2.32. The third-order valence-electron chi connectivity index (χ3n) is 7.05. The highest BCUT2D eigenvalue weighted by Crippen LogP contribution is 2.25. The second-order valence-corrected chi connectivity index (χ2v) is 9.65. The maximum Gasteiger partial charge on any atom is 0.310 e. The van der Waals surface area contributed by atoms with Gasteiger partial charge in [-0.3, -0.25) is 9.59 Å². The Labute approximate surface area is 224 Å². The van der Waals surface area contributed by atoms with Crippen LogP contribution >= 0.6 is 0 Å². The Bertz CT molecular complexity index is 1220. The number of methoxy groups -OCH3 is 1. The van der Waals surface area contributed by atoms with E-state index < -0.39 is 0 Å². The van der Waals surface area contributed by atoms with Crippen LogP contribution in [-0.2, 0) is 22.6 Å². The van der Waals surface area contributed by atoms with Gasteiger partial charge in [-0.2, -0.15) is 0 Å². The summed E-state index contributed by atoms with van der Waals surface area (Å²) in [6, 6.07) is 23.2. The maximum absolute atomic E-state index is 12.9. The molecule has 0 bridgehead atoms. The van der Waals surface area contributed by atoms with Crippen LogP contribution in [0.2, 0.25) is 0 Å². The van der Waals surface area contributed by atoms with Crippen molar-refractivity contribution in [1.29, 1.82) is 0 Å². The van der Waals surface area contributed by atoms with Gasteiger partial charge in [0.2, 0.25) is 0 Å². The zero-order valence-corrected chi connectivity index (χ0v) is 22.1. The third kappa shape index (κ3) is 7.00.